The number of thiophene rings is 1. The van der Waals surface area contributed by atoms with Gasteiger partial charge in [-0.2, -0.15) is 0 Å². The van der Waals surface area contributed by atoms with Crippen LogP contribution < -0.4 is 0 Å². The lowest BCUT2D eigenvalue weighted by Crippen LogP contribution is -2.40. The number of carbonyl (C=O) groups excluding carboxylic acids is 1. The minimum absolute atomic E-state index is 0.0357. The number of carboxylic acids is 1. The van der Waals surface area contributed by atoms with Gasteiger partial charge in [0.25, 0.3) is 5.91 Å². The highest BCUT2D eigenvalue weighted by Gasteiger charge is 2.59. The Hall–Kier alpha value is -1.73. The maximum atomic E-state index is 12.6. The predicted molar refractivity (Wildman–Crippen MR) is 88.7 cm³/mol. The van der Waals surface area contributed by atoms with Crippen molar-refractivity contribution in [2.24, 2.45) is 11.3 Å². The molecule has 0 aromatic carbocycles. The van der Waals surface area contributed by atoms with Crippen molar-refractivity contribution in [3.8, 4) is 9.88 Å². The van der Waals surface area contributed by atoms with Gasteiger partial charge in [-0.25, -0.2) is 4.98 Å². The standard InChI is InChI=1S/C16H16N2O3S2/c19-14(11-9-23-13(17-11)12-2-1-7-22-12)18-5-3-16(4-6-18)8-10(16)15(20)21/h1-2,7,9-10H,3-6,8H2,(H,20,21). The monoisotopic (exact) mass is 348 g/mol. The molecule has 5 nitrogen and oxygen atoms in total. The third-order valence-electron chi connectivity index (χ3n) is 4.99. The number of thiazole rings is 1. The molecule has 2 aromatic heterocycles. The van der Waals surface area contributed by atoms with Crippen molar-refractivity contribution in [3.05, 3.63) is 28.6 Å². The molecule has 2 aromatic rings. The minimum Gasteiger partial charge on any atom is -0.481 e. The summed E-state index contributed by atoms with van der Waals surface area (Å²) in [7, 11) is 0. The largest absolute Gasteiger partial charge is 0.481 e. The van der Waals surface area contributed by atoms with Crippen LogP contribution in [0, 0.1) is 11.3 Å². The van der Waals surface area contributed by atoms with E-state index in [2.05, 4.69) is 4.98 Å². The zero-order valence-electron chi connectivity index (χ0n) is 12.4. The van der Waals surface area contributed by atoms with Crippen LogP contribution in [0.5, 0.6) is 0 Å². The van der Waals surface area contributed by atoms with Gasteiger partial charge in [-0.3, -0.25) is 9.59 Å². The molecule has 1 aliphatic carbocycles. The number of carboxylic acid groups (broad SMARTS) is 1. The van der Waals surface area contributed by atoms with E-state index in [4.69, 9.17) is 5.11 Å². The van der Waals surface area contributed by atoms with E-state index in [1.165, 1.54) is 11.3 Å². The van der Waals surface area contributed by atoms with Crippen LogP contribution in [-0.2, 0) is 4.79 Å². The first-order chi connectivity index (χ1) is 11.1. The summed E-state index contributed by atoms with van der Waals surface area (Å²) in [5.74, 6) is -0.930. The number of rotatable bonds is 3. The van der Waals surface area contributed by atoms with E-state index in [9.17, 15) is 9.59 Å². The van der Waals surface area contributed by atoms with Gasteiger partial charge in [0.1, 0.15) is 10.7 Å². The molecule has 1 N–H and O–H groups in total. The first-order valence-corrected chi connectivity index (χ1v) is 9.36. The van der Waals surface area contributed by atoms with Crippen LogP contribution in [0.25, 0.3) is 9.88 Å². The summed E-state index contributed by atoms with van der Waals surface area (Å²) in [6.07, 6.45) is 2.35. The fourth-order valence-corrected chi connectivity index (χ4v) is 5.06. The zero-order chi connectivity index (χ0) is 16.0. The summed E-state index contributed by atoms with van der Waals surface area (Å²) in [5, 5.41) is 13.8. The van der Waals surface area contributed by atoms with Crippen LogP contribution in [0.4, 0.5) is 0 Å². The summed E-state index contributed by atoms with van der Waals surface area (Å²) < 4.78 is 0. The Morgan fingerprint density at radius 3 is 2.70 bits per heavy atom. The summed E-state index contributed by atoms with van der Waals surface area (Å²) in [6.45, 7) is 1.27. The normalized spacial score (nSPS) is 22.3. The SMILES string of the molecule is O=C(O)C1CC12CCN(C(=O)c1csc(-c3cccs3)n1)CC2. The highest BCUT2D eigenvalue weighted by Crippen LogP contribution is 2.59. The van der Waals surface area contributed by atoms with E-state index in [-0.39, 0.29) is 17.2 Å². The third-order valence-corrected chi connectivity index (χ3v) is 6.87. The average molecular weight is 348 g/mol. The Bertz CT molecular complexity index is 745. The van der Waals surface area contributed by atoms with Crippen molar-refractivity contribution >= 4 is 34.6 Å². The molecule has 2 fully saturated rings. The molecule has 3 heterocycles. The molecule has 1 amide bonds. The first-order valence-electron chi connectivity index (χ1n) is 7.61. The fraction of sp³-hybridized carbons (Fsp3) is 0.438. The van der Waals surface area contributed by atoms with E-state index < -0.39 is 5.97 Å². The Balaban J connectivity index is 1.42. The lowest BCUT2D eigenvalue weighted by molar-refractivity contribution is -0.139. The quantitative estimate of drug-likeness (QED) is 0.925. The van der Waals surface area contributed by atoms with Crippen molar-refractivity contribution in [2.75, 3.05) is 13.1 Å². The smallest absolute Gasteiger partial charge is 0.307 e. The second-order valence-corrected chi connectivity index (χ2v) is 8.07. The molecule has 1 saturated carbocycles. The van der Waals surface area contributed by atoms with Crippen LogP contribution in [0.15, 0.2) is 22.9 Å². The molecule has 0 bridgehead atoms. The Morgan fingerprint density at radius 2 is 2.09 bits per heavy atom. The summed E-state index contributed by atoms with van der Waals surface area (Å²) in [4.78, 5) is 31.0. The van der Waals surface area contributed by atoms with Crippen molar-refractivity contribution in [2.45, 2.75) is 19.3 Å². The minimum atomic E-state index is -0.690. The second-order valence-electron chi connectivity index (χ2n) is 6.26. The van der Waals surface area contributed by atoms with Gasteiger partial charge in [0.15, 0.2) is 0 Å². The van der Waals surface area contributed by atoms with Gasteiger partial charge in [0, 0.05) is 18.5 Å². The van der Waals surface area contributed by atoms with Crippen LogP contribution in [-0.4, -0.2) is 40.0 Å². The van der Waals surface area contributed by atoms with Gasteiger partial charge in [0.2, 0.25) is 0 Å². The molecule has 1 spiro atoms. The Kier molecular flexibility index (Phi) is 3.50. The second kappa shape index (κ2) is 5.42. The number of aliphatic carboxylic acids is 1. The number of piperidine rings is 1. The topological polar surface area (TPSA) is 70.5 Å². The van der Waals surface area contributed by atoms with E-state index >= 15 is 0 Å². The molecule has 1 atom stereocenters. The number of carbonyl (C=O) groups is 2. The molecule has 2 aliphatic rings. The number of likely N-dealkylation sites (tertiary alicyclic amines) is 1. The Labute approximate surface area is 141 Å². The van der Waals surface area contributed by atoms with Crippen molar-refractivity contribution < 1.29 is 14.7 Å². The van der Waals surface area contributed by atoms with E-state index in [1.807, 2.05) is 27.8 Å². The van der Waals surface area contributed by atoms with Gasteiger partial charge in [-0.1, -0.05) is 6.07 Å². The molecular formula is C16H16N2O3S2. The first kappa shape index (κ1) is 14.8. The van der Waals surface area contributed by atoms with Crippen LogP contribution in [0.3, 0.4) is 0 Å². The lowest BCUT2D eigenvalue weighted by atomic mass is 9.90. The average Bonchev–Trinajstić information content (AvgIpc) is 2.98. The van der Waals surface area contributed by atoms with E-state index in [0.29, 0.717) is 18.8 Å². The van der Waals surface area contributed by atoms with Crippen LogP contribution in [0.1, 0.15) is 29.8 Å². The maximum absolute atomic E-state index is 12.6. The highest BCUT2D eigenvalue weighted by molar-refractivity contribution is 7.20. The number of aromatic nitrogens is 1. The van der Waals surface area contributed by atoms with Gasteiger partial charge in [-0.15, -0.1) is 22.7 Å². The van der Waals surface area contributed by atoms with Crippen molar-refractivity contribution in [1.82, 2.24) is 9.88 Å². The molecule has 1 unspecified atom stereocenters. The van der Waals surface area contributed by atoms with Crippen LogP contribution >= 0.6 is 22.7 Å². The van der Waals surface area contributed by atoms with Crippen molar-refractivity contribution in [1.29, 1.82) is 0 Å². The van der Waals surface area contributed by atoms with Gasteiger partial charge in [0.05, 0.1) is 10.8 Å². The molecule has 1 aliphatic heterocycles. The number of nitrogens with zero attached hydrogens (tertiary/aromatic N) is 2. The number of hydrogen-bond acceptors (Lipinski definition) is 5. The molecule has 1 saturated heterocycles. The van der Waals surface area contributed by atoms with Crippen LogP contribution in [0.2, 0.25) is 0 Å². The molecule has 7 heteroatoms. The molecule has 23 heavy (non-hydrogen) atoms. The highest BCUT2D eigenvalue weighted by atomic mass is 32.1. The number of amides is 1. The van der Waals surface area contributed by atoms with E-state index in [0.717, 1.165) is 29.1 Å². The number of hydrogen-bond donors (Lipinski definition) is 1. The van der Waals surface area contributed by atoms with E-state index in [1.54, 1.807) is 11.3 Å². The molecule has 120 valence electrons. The zero-order valence-corrected chi connectivity index (χ0v) is 14.0. The summed E-state index contributed by atoms with van der Waals surface area (Å²) in [6, 6.07) is 3.98. The summed E-state index contributed by atoms with van der Waals surface area (Å²) in [5.41, 5.74) is 0.451. The third kappa shape index (κ3) is 2.57. The van der Waals surface area contributed by atoms with Gasteiger partial charge < -0.3 is 10.0 Å². The lowest BCUT2D eigenvalue weighted by Gasteiger charge is -2.32. The fourth-order valence-electron chi connectivity index (χ4n) is 3.45. The predicted octanol–water partition coefficient (Wildman–Crippen LogP) is 3.20. The molecule has 4 rings (SSSR count). The van der Waals surface area contributed by atoms with Gasteiger partial charge in [-0.05, 0) is 36.1 Å². The summed E-state index contributed by atoms with van der Waals surface area (Å²) >= 11 is 3.11. The maximum Gasteiger partial charge on any atom is 0.307 e. The molecular weight excluding hydrogens is 332 g/mol. The Morgan fingerprint density at radius 1 is 1.30 bits per heavy atom. The van der Waals surface area contributed by atoms with Gasteiger partial charge >= 0.3 is 5.97 Å². The molecule has 0 radical (unpaired) electrons. The van der Waals surface area contributed by atoms with Crippen molar-refractivity contribution in [3.63, 3.8) is 0 Å².